The first-order chi connectivity index (χ1) is 14.6. The van der Waals surface area contributed by atoms with E-state index in [9.17, 15) is 10.5 Å². The molecule has 0 aliphatic rings. The van der Waals surface area contributed by atoms with Crippen LogP contribution in [0.15, 0.2) is 0 Å². The highest BCUT2D eigenvalue weighted by molar-refractivity contribution is 6.18. The topological polar surface area (TPSA) is 157 Å². The molecule has 0 amide bonds. The molecule has 0 saturated carbocycles. The van der Waals surface area contributed by atoms with Crippen LogP contribution in [0.4, 0.5) is 5.82 Å². The van der Waals surface area contributed by atoms with Crippen molar-refractivity contribution in [2.75, 3.05) is 21.3 Å². The maximum Gasteiger partial charge on any atom is 0.332 e. The molecule has 0 fully saturated rings. The van der Waals surface area contributed by atoms with Gasteiger partial charge in [-0.05, 0) is 0 Å². The molecular formula is C18H9N9O3. The Morgan fingerprint density at radius 3 is 1.37 bits per heavy atom. The first kappa shape index (κ1) is 18.5. The minimum Gasteiger partial charge on any atom is -0.488 e. The quantitative estimate of drug-likeness (QED) is 0.365. The van der Waals surface area contributed by atoms with E-state index in [-0.39, 0.29) is 67.9 Å². The summed E-state index contributed by atoms with van der Waals surface area (Å²) < 4.78 is 15.5. The van der Waals surface area contributed by atoms with Crippen LogP contribution in [0.2, 0.25) is 0 Å². The fraction of sp³-hybridized carbons (Fsp3) is 0.167. The Bertz CT molecular complexity index is 1290. The number of fused-ring (bicyclic) bond motifs is 6. The van der Waals surface area contributed by atoms with Gasteiger partial charge < -0.3 is 19.1 Å². The van der Waals surface area contributed by atoms with Crippen LogP contribution in [0.25, 0.3) is 37.9 Å². The predicted octanol–water partition coefficient (Wildman–Crippen LogP) is 1.84. The monoisotopic (exact) mass is 399 g/mol. The van der Waals surface area contributed by atoms with Crippen LogP contribution in [0.3, 0.4) is 0 Å². The minimum atomic E-state index is -0.0993. The number of nitriles is 2. The summed E-state index contributed by atoms with van der Waals surface area (Å²) in [6.45, 7) is 7.34. The molecule has 4 aromatic rings. The number of aromatic nitrogens is 6. The smallest absolute Gasteiger partial charge is 0.332 e. The van der Waals surface area contributed by atoms with Gasteiger partial charge >= 0.3 is 5.82 Å². The highest BCUT2D eigenvalue weighted by Gasteiger charge is 2.25. The molecule has 12 nitrogen and oxygen atoms in total. The number of ether oxygens (including phenoxy) is 3. The maximum absolute atomic E-state index is 9.41. The van der Waals surface area contributed by atoms with E-state index in [4.69, 9.17) is 20.8 Å². The third-order valence-corrected chi connectivity index (χ3v) is 4.14. The lowest BCUT2D eigenvalue weighted by atomic mass is 10.1. The van der Waals surface area contributed by atoms with Crippen molar-refractivity contribution in [2.24, 2.45) is 0 Å². The van der Waals surface area contributed by atoms with Gasteiger partial charge in [0.25, 0.3) is 11.8 Å². The summed E-state index contributed by atoms with van der Waals surface area (Å²) in [4.78, 5) is 29.3. The Hall–Kier alpha value is -4.89. The summed E-state index contributed by atoms with van der Waals surface area (Å²) in [5, 5.41) is 18.8. The Balaban J connectivity index is 2.36. The summed E-state index contributed by atoms with van der Waals surface area (Å²) in [6, 6.07) is 3.82. The van der Waals surface area contributed by atoms with E-state index >= 15 is 0 Å². The van der Waals surface area contributed by atoms with Gasteiger partial charge in [-0.15, -0.1) is 4.98 Å². The zero-order valence-electron chi connectivity index (χ0n) is 15.7. The molecule has 3 aromatic heterocycles. The second kappa shape index (κ2) is 6.93. The van der Waals surface area contributed by atoms with Gasteiger partial charge in [0.15, 0.2) is 0 Å². The van der Waals surface area contributed by atoms with Crippen molar-refractivity contribution in [2.45, 2.75) is 0 Å². The molecule has 144 valence electrons. The fourth-order valence-corrected chi connectivity index (χ4v) is 2.88. The summed E-state index contributed by atoms with van der Waals surface area (Å²) in [5.74, 6) is -0.179. The number of hydrogen-bond donors (Lipinski definition) is 0. The van der Waals surface area contributed by atoms with E-state index in [2.05, 4.69) is 34.7 Å². The lowest BCUT2D eigenvalue weighted by molar-refractivity contribution is 0.395. The third kappa shape index (κ3) is 2.51. The normalized spacial score (nSPS) is 10.4. The van der Waals surface area contributed by atoms with Crippen molar-refractivity contribution >= 4 is 38.9 Å². The van der Waals surface area contributed by atoms with Crippen molar-refractivity contribution in [3.05, 3.63) is 22.8 Å². The second-order valence-corrected chi connectivity index (χ2v) is 5.65. The highest BCUT2D eigenvalue weighted by atomic mass is 16.5. The van der Waals surface area contributed by atoms with E-state index in [1.807, 2.05) is 12.1 Å². The first-order valence-corrected chi connectivity index (χ1v) is 8.16. The van der Waals surface area contributed by atoms with Crippen LogP contribution in [0.1, 0.15) is 11.4 Å². The Kier molecular flexibility index (Phi) is 4.27. The van der Waals surface area contributed by atoms with Gasteiger partial charge in [0.1, 0.15) is 39.7 Å². The molecule has 12 heteroatoms. The van der Waals surface area contributed by atoms with Gasteiger partial charge in [-0.3, -0.25) is 0 Å². The van der Waals surface area contributed by atoms with Crippen molar-refractivity contribution in [3.8, 4) is 29.8 Å². The zero-order chi connectivity index (χ0) is 21.4. The van der Waals surface area contributed by atoms with Crippen LogP contribution in [-0.4, -0.2) is 51.2 Å². The number of rotatable bonds is 3. The van der Waals surface area contributed by atoms with Gasteiger partial charge in [0, 0.05) is 0 Å². The molecule has 4 rings (SSSR count). The fourth-order valence-electron chi connectivity index (χ4n) is 2.88. The highest BCUT2D eigenvalue weighted by Crippen LogP contribution is 2.36. The Morgan fingerprint density at radius 2 is 1.00 bits per heavy atom. The molecule has 0 radical (unpaired) electrons. The molecule has 0 bridgehead atoms. The van der Waals surface area contributed by atoms with E-state index in [1.54, 1.807) is 0 Å². The molecule has 1 aromatic carbocycles. The van der Waals surface area contributed by atoms with E-state index in [1.165, 1.54) is 21.3 Å². The van der Waals surface area contributed by atoms with E-state index in [0.29, 0.717) is 0 Å². The average molecular weight is 399 g/mol. The molecule has 0 atom stereocenters. The van der Waals surface area contributed by atoms with Gasteiger partial charge in [-0.1, -0.05) is 6.57 Å². The van der Waals surface area contributed by atoms with Gasteiger partial charge in [0.2, 0.25) is 22.8 Å². The zero-order valence-corrected chi connectivity index (χ0v) is 15.7. The summed E-state index contributed by atoms with van der Waals surface area (Å²) in [5.41, 5.74) is 0.908. The van der Waals surface area contributed by atoms with E-state index in [0.717, 1.165) is 0 Å². The van der Waals surface area contributed by atoms with Crippen LogP contribution < -0.4 is 14.2 Å². The molecule has 3 heterocycles. The van der Waals surface area contributed by atoms with Gasteiger partial charge in [-0.2, -0.15) is 10.5 Å². The van der Waals surface area contributed by atoms with Crippen molar-refractivity contribution in [1.29, 1.82) is 10.5 Å². The molecule has 30 heavy (non-hydrogen) atoms. The minimum absolute atomic E-state index is 0.0251. The number of nitrogens with zero attached hydrogens (tertiary/aromatic N) is 9. The van der Waals surface area contributed by atoms with Crippen molar-refractivity contribution < 1.29 is 14.2 Å². The van der Waals surface area contributed by atoms with Crippen LogP contribution >= 0.6 is 0 Å². The molecule has 0 aliphatic heterocycles. The predicted molar refractivity (Wildman–Crippen MR) is 101 cm³/mol. The lowest BCUT2D eigenvalue weighted by Crippen LogP contribution is -2.04. The number of methoxy groups -OCH3 is 3. The average Bonchev–Trinajstić information content (AvgIpc) is 2.81. The van der Waals surface area contributed by atoms with Crippen molar-refractivity contribution in [3.63, 3.8) is 0 Å². The van der Waals surface area contributed by atoms with Crippen molar-refractivity contribution in [1.82, 2.24) is 29.9 Å². The van der Waals surface area contributed by atoms with Gasteiger partial charge in [0.05, 0.1) is 21.3 Å². The summed E-state index contributed by atoms with van der Waals surface area (Å²) in [6.07, 6.45) is 0. The summed E-state index contributed by atoms with van der Waals surface area (Å²) >= 11 is 0. The number of hydrogen-bond acceptors (Lipinski definition) is 11. The molecular weight excluding hydrogens is 390 g/mol. The van der Waals surface area contributed by atoms with Crippen LogP contribution in [0.5, 0.6) is 17.6 Å². The molecule has 0 aliphatic carbocycles. The SMILES string of the molecule is [C-]#[N+]c1nc2c3nc(OC)c(C#N)nc3c3nc(OC)c(C#N)nc3c2nc1OC. The first-order valence-electron chi connectivity index (χ1n) is 8.16. The number of benzene rings is 1. The Labute approximate surface area is 168 Å². The maximum atomic E-state index is 9.41. The standard InChI is InChI=1S/C18H9N9O3/c1-21-15-18(30-4)27-14-10-12(25-16(28-2)7(5-19)23-10)9-13(11(14)24-15)26-17(29-3)8(6-20)22-9/h2-4H3. The molecule has 0 unspecified atom stereocenters. The lowest BCUT2D eigenvalue weighted by Gasteiger charge is -2.10. The molecule has 0 saturated heterocycles. The molecule has 0 spiro atoms. The van der Waals surface area contributed by atoms with Crippen LogP contribution in [-0.2, 0) is 0 Å². The Morgan fingerprint density at radius 1 is 0.633 bits per heavy atom. The largest absolute Gasteiger partial charge is 0.488 e. The second-order valence-electron chi connectivity index (χ2n) is 5.65. The van der Waals surface area contributed by atoms with Gasteiger partial charge in [-0.25, -0.2) is 24.9 Å². The molecule has 0 N–H and O–H groups in total. The summed E-state index contributed by atoms with van der Waals surface area (Å²) in [7, 11) is 4.05. The van der Waals surface area contributed by atoms with E-state index < -0.39 is 0 Å². The van der Waals surface area contributed by atoms with Crippen LogP contribution in [0, 0.1) is 29.2 Å². The third-order valence-electron chi connectivity index (χ3n) is 4.14.